The molecule has 0 N–H and O–H groups in total. The lowest BCUT2D eigenvalue weighted by Crippen LogP contribution is -2.01. The third-order valence-corrected chi connectivity index (χ3v) is 2.37. The molecular weight excluding hydrogens is 271 g/mol. The summed E-state index contributed by atoms with van der Waals surface area (Å²) in [5.41, 5.74) is 0. The molecule has 2 aromatic rings. The molecule has 1 aromatic heterocycles. The molecule has 0 bridgehead atoms. The van der Waals surface area contributed by atoms with Gasteiger partial charge in [-0.05, 0) is 18.6 Å². The van der Waals surface area contributed by atoms with Crippen LogP contribution < -0.4 is 9.47 Å². The zero-order chi connectivity index (χ0) is 14.5. The average molecular weight is 283 g/mol. The molecule has 20 heavy (non-hydrogen) atoms. The molecule has 0 unspecified atom stereocenters. The number of pyridine rings is 1. The van der Waals surface area contributed by atoms with E-state index < -0.39 is 23.5 Å². The number of ether oxygens (including phenoxy) is 2. The molecule has 0 saturated carbocycles. The van der Waals surface area contributed by atoms with Crippen LogP contribution in [0.2, 0.25) is 0 Å². The van der Waals surface area contributed by atoms with Crippen molar-refractivity contribution in [1.82, 2.24) is 4.98 Å². The van der Waals surface area contributed by atoms with E-state index in [4.69, 9.17) is 9.47 Å². The molecule has 0 aliphatic heterocycles. The number of halogens is 3. The van der Waals surface area contributed by atoms with Gasteiger partial charge in [-0.15, -0.1) is 0 Å². The van der Waals surface area contributed by atoms with Gasteiger partial charge >= 0.3 is 0 Å². The number of hydrogen-bond acceptors (Lipinski definition) is 3. The van der Waals surface area contributed by atoms with Gasteiger partial charge in [-0.1, -0.05) is 19.1 Å². The molecule has 0 atom stereocenters. The van der Waals surface area contributed by atoms with Gasteiger partial charge in [-0.2, -0.15) is 9.37 Å². The van der Waals surface area contributed by atoms with Crippen molar-refractivity contribution >= 4 is 0 Å². The molecule has 0 amide bonds. The standard InChI is InChI=1S/C14H12F3NO2/c1-2-7-19-11-5-3-4-6-12(11)20-14-10(16)8-9(15)13(17)18-14/h3-6,8H,2,7H2,1H3. The zero-order valence-corrected chi connectivity index (χ0v) is 10.7. The summed E-state index contributed by atoms with van der Waals surface area (Å²) in [5.74, 6) is -3.97. The third-order valence-electron chi connectivity index (χ3n) is 2.37. The number of hydrogen-bond donors (Lipinski definition) is 0. The first-order valence-electron chi connectivity index (χ1n) is 6.03. The van der Waals surface area contributed by atoms with Gasteiger partial charge in [0.2, 0.25) is 0 Å². The first-order valence-corrected chi connectivity index (χ1v) is 6.03. The fraction of sp³-hybridized carbons (Fsp3) is 0.214. The topological polar surface area (TPSA) is 31.4 Å². The molecule has 2 rings (SSSR count). The Morgan fingerprint density at radius 3 is 2.45 bits per heavy atom. The smallest absolute Gasteiger partial charge is 0.258 e. The van der Waals surface area contributed by atoms with Crippen LogP contribution in [0.3, 0.4) is 0 Å². The maximum atomic E-state index is 13.5. The maximum absolute atomic E-state index is 13.5. The van der Waals surface area contributed by atoms with Gasteiger partial charge in [-0.3, -0.25) is 0 Å². The van der Waals surface area contributed by atoms with Gasteiger partial charge in [0.05, 0.1) is 6.61 Å². The molecule has 6 heteroatoms. The van der Waals surface area contributed by atoms with Crippen LogP contribution >= 0.6 is 0 Å². The highest BCUT2D eigenvalue weighted by atomic mass is 19.2. The molecule has 3 nitrogen and oxygen atoms in total. The van der Waals surface area contributed by atoms with Gasteiger partial charge < -0.3 is 9.47 Å². The van der Waals surface area contributed by atoms with Gasteiger partial charge in [0.15, 0.2) is 23.1 Å². The van der Waals surface area contributed by atoms with Crippen molar-refractivity contribution in [2.75, 3.05) is 6.61 Å². The summed E-state index contributed by atoms with van der Waals surface area (Å²) in [6, 6.07) is 6.89. The van der Waals surface area contributed by atoms with Crippen molar-refractivity contribution in [3.63, 3.8) is 0 Å². The predicted octanol–water partition coefficient (Wildman–Crippen LogP) is 4.08. The fourth-order valence-corrected chi connectivity index (χ4v) is 1.47. The number of rotatable bonds is 5. The summed E-state index contributed by atoms with van der Waals surface area (Å²) in [4.78, 5) is 3.09. The minimum Gasteiger partial charge on any atom is -0.490 e. The van der Waals surface area contributed by atoms with Crippen LogP contribution in [-0.2, 0) is 0 Å². The van der Waals surface area contributed by atoms with Gasteiger partial charge in [-0.25, -0.2) is 8.78 Å². The largest absolute Gasteiger partial charge is 0.490 e. The summed E-state index contributed by atoms with van der Waals surface area (Å²) in [5, 5.41) is 0. The van der Waals surface area contributed by atoms with Crippen LogP contribution in [0.5, 0.6) is 17.4 Å². The Hall–Kier alpha value is -2.24. The fourth-order valence-electron chi connectivity index (χ4n) is 1.47. The normalized spacial score (nSPS) is 10.4. The molecule has 0 aliphatic rings. The molecule has 0 spiro atoms. The second-order valence-electron chi connectivity index (χ2n) is 3.95. The highest BCUT2D eigenvalue weighted by Crippen LogP contribution is 2.31. The molecule has 106 valence electrons. The number of aromatic nitrogens is 1. The van der Waals surface area contributed by atoms with Crippen molar-refractivity contribution in [3.05, 3.63) is 47.9 Å². The van der Waals surface area contributed by atoms with E-state index in [1.165, 1.54) is 6.07 Å². The van der Waals surface area contributed by atoms with Crippen molar-refractivity contribution in [2.45, 2.75) is 13.3 Å². The van der Waals surface area contributed by atoms with Crippen molar-refractivity contribution in [2.24, 2.45) is 0 Å². The Labute approximate surface area is 114 Å². The quantitative estimate of drug-likeness (QED) is 0.775. The molecule has 0 aliphatic carbocycles. The van der Waals surface area contributed by atoms with Crippen LogP contribution in [-0.4, -0.2) is 11.6 Å². The molecule has 1 heterocycles. The summed E-state index contributed by atoms with van der Waals surface area (Å²) < 4.78 is 49.8. The summed E-state index contributed by atoms with van der Waals surface area (Å²) >= 11 is 0. The summed E-state index contributed by atoms with van der Waals surface area (Å²) in [6.07, 6.45) is 0.784. The minimum atomic E-state index is -1.42. The monoisotopic (exact) mass is 283 g/mol. The number of para-hydroxylation sites is 2. The van der Waals surface area contributed by atoms with Crippen LogP contribution in [0.15, 0.2) is 30.3 Å². The SMILES string of the molecule is CCCOc1ccccc1Oc1nc(F)c(F)cc1F. The van der Waals surface area contributed by atoms with Crippen molar-refractivity contribution in [3.8, 4) is 17.4 Å². The minimum absolute atomic E-state index is 0.179. The van der Waals surface area contributed by atoms with Crippen molar-refractivity contribution < 1.29 is 22.6 Å². The molecule has 0 radical (unpaired) electrons. The van der Waals surface area contributed by atoms with E-state index in [0.29, 0.717) is 18.4 Å². The van der Waals surface area contributed by atoms with Crippen LogP contribution in [0.25, 0.3) is 0 Å². The first-order chi connectivity index (χ1) is 9.61. The Morgan fingerprint density at radius 2 is 1.75 bits per heavy atom. The van der Waals surface area contributed by atoms with E-state index >= 15 is 0 Å². The van der Waals surface area contributed by atoms with Gasteiger partial charge in [0.1, 0.15) is 0 Å². The maximum Gasteiger partial charge on any atom is 0.258 e. The summed E-state index contributed by atoms with van der Waals surface area (Å²) in [7, 11) is 0. The van der Waals surface area contributed by atoms with E-state index in [1.54, 1.807) is 18.2 Å². The van der Waals surface area contributed by atoms with E-state index in [9.17, 15) is 13.2 Å². The van der Waals surface area contributed by atoms with Crippen LogP contribution in [0, 0.1) is 17.6 Å². The first kappa shape index (κ1) is 14.2. The summed E-state index contributed by atoms with van der Waals surface area (Å²) in [6.45, 7) is 2.38. The lowest BCUT2D eigenvalue weighted by molar-refractivity contribution is 0.296. The Morgan fingerprint density at radius 1 is 1.05 bits per heavy atom. The van der Waals surface area contributed by atoms with Gasteiger partial charge in [0.25, 0.3) is 11.8 Å². The van der Waals surface area contributed by atoms with Crippen LogP contribution in [0.1, 0.15) is 13.3 Å². The zero-order valence-electron chi connectivity index (χ0n) is 10.7. The van der Waals surface area contributed by atoms with Gasteiger partial charge in [0, 0.05) is 6.07 Å². The molecule has 0 fully saturated rings. The lowest BCUT2D eigenvalue weighted by atomic mass is 10.3. The van der Waals surface area contributed by atoms with E-state index in [2.05, 4.69) is 4.98 Å². The number of nitrogens with zero attached hydrogens (tertiary/aromatic N) is 1. The molecule has 0 saturated heterocycles. The Balaban J connectivity index is 2.28. The third kappa shape index (κ3) is 3.20. The second-order valence-corrected chi connectivity index (χ2v) is 3.95. The van der Waals surface area contributed by atoms with Crippen molar-refractivity contribution in [1.29, 1.82) is 0 Å². The van der Waals surface area contributed by atoms with E-state index in [1.807, 2.05) is 6.92 Å². The molecule has 1 aromatic carbocycles. The lowest BCUT2D eigenvalue weighted by Gasteiger charge is -2.11. The Kier molecular flexibility index (Phi) is 4.45. The number of benzene rings is 1. The highest BCUT2D eigenvalue weighted by molar-refractivity contribution is 5.41. The van der Waals surface area contributed by atoms with Crippen LogP contribution in [0.4, 0.5) is 13.2 Å². The predicted molar refractivity (Wildman–Crippen MR) is 66.4 cm³/mol. The Bertz CT molecular complexity index is 605. The highest BCUT2D eigenvalue weighted by Gasteiger charge is 2.15. The van der Waals surface area contributed by atoms with E-state index in [-0.39, 0.29) is 5.75 Å². The molecular formula is C14H12F3NO2. The average Bonchev–Trinajstić information content (AvgIpc) is 2.44. The van der Waals surface area contributed by atoms with E-state index in [0.717, 1.165) is 6.42 Å². The second kappa shape index (κ2) is 6.27.